The van der Waals surface area contributed by atoms with Crippen molar-refractivity contribution in [3.63, 3.8) is 0 Å². The highest BCUT2D eigenvalue weighted by atomic mass is 16.5. The predicted octanol–water partition coefficient (Wildman–Crippen LogP) is 4.03. The van der Waals surface area contributed by atoms with Crippen LogP contribution in [0.15, 0.2) is 30.3 Å². The third kappa shape index (κ3) is 5.54. The summed E-state index contributed by atoms with van der Waals surface area (Å²) in [6.45, 7) is 6.81. The molecule has 2 nitrogen and oxygen atoms in total. The minimum Gasteiger partial charge on any atom is -0.491 e. The van der Waals surface area contributed by atoms with E-state index in [0.717, 1.165) is 31.4 Å². The lowest BCUT2D eigenvalue weighted by atomic mass is 9.88. The molecule has 1 aromatic rings. The monoisotopic (exact) mass is 250 g/mol. The van der Waals surface area contributed by atoms with E-state index in [2.05, 4.69) is 20.8 Å². The fourth-order valence-corrected chi connectivity index (χ4v) is 2.23. The molecule has 0 aliphatic carbocycles. The van der Waals surface area contributed by atoms with Gasteiger partial charge in [-0.3, -0.25) is 0 Å². The van der Waals surface area contributed by atoms with E-state index in [1.807, 2.05) is 30.3 Å². The van der Waals surface area contributed by atoms with Gasteiger partial charge in [-0.25, -0.2) is 0 Å². The lowest BCUT2D eigenvalue weighted by Crippen LogP contribution is -2.37. The molecular formula is C16H26O2. The van der Waals surface area contributed by atoms with Crippen LogP contribution < -0.4 is 4.74 Å². The van der Waals surface area contributed by atoms with Gasteiger partial charge in [-0.2, -0.15) is 0 Å². The molecule has 2 heteroatoms. The molecule has 0 saturated heterocycles. The minimum absolute atomic E-state index is 0.384. The van der Waals surface area contributed by atoms with E-state index in [-0.39, 0.29) is 0 Å². The normalized spacial score (nSPS) is 14.5. The van der Waals surface area contributed by atoms with E-state index in [9.17, 15) is 5.11 Å². The highest BCUT2D eigenvalue weighted by Gasteiger charge is 2.28. The number of hydrogen-bond donors (Lipinski definition) is 1. The van der Waals surface area contributed by atoms with Crippen molar-refractivity contribution in [2.24, 2.45) is 5.92 Å². The van der Waals surface area contributed by atoms with Gasteiger partial charge in [0.25, 0.3) is 0 Å². The van der Waals surface area contributed by atoms with Crippen LogP contribution in [0.4, 0.5) is 0 Å². The zero-order chi connectivity index (χ0) is 13.4. The Hall–Kier alpha value is -1.02. The maximum atomic E-state index is 10.6. The molecule has 0 radical (unpaired) electrons. The quantitative estimate of drug-likeness (QED) is 0.754. The molecule has 1 aromatic carbocycles. The van der Waals surface area contributed by atoms with Crippen molar-refractivity contribution in [2.75, 3.05) is 6.61 Å². The van der Waals surface area contributed by atoms with E-state index in [1.165, 1.54) is 0 Å². The Balaban J connectivity index is 2.55. The van der Waals surface area contributed by atoms with Crippen molar-refractivity contribution < 1.29 is 9.84 Å². The Morgan fingerprint density at radius 1 is 1.22 bits per heavy atom. The summed E-state index contributed by atoms with van der Waals surface area (Å²) in [5.74, 6) is 1.31. The van der Waals surface area contributed by atoms with Crippen LogP contribution in [0.5, 0.6) is 5.75 Å². The molecule has 0 aliphatic rings. The first-order valence-electron chi connectivity index (χ1n) is 6.96. The molecule has 0 bridgehead atoms. The van der Waals surface area contributed by atoms with Gasteiger partial charge in [0.05, 0.1) is 5.60 Å². The molecular weight excluding hydrogens is 224 g/mol. The third-order valence-corrected chi connectivity index (χ3v) is 3.03. The van der Waals surface area contributed by atoms with Crippen LogP contribution in [0.3, 0.4) is 0 Å². The fourth-order valence-electron chi connectivity index (χ4n) is 2.23. The first-order chi connectivity index (χ1) is 8.56. The predicted molar refractivity (Wildman–Crippen MR) is 75.9 cm³/mol. The van der Waals surface area contributed by atoms with Crippen molar-refractivity contribution in [2.45, 2.75) is 52.1 Å². The first-order valence-corrected chi connectivity index (χ1v) is 6.96. The summed E-state index contributed by atoms with van der Waals surface area (Å²) in [7, 11) is 0. The Morgan fingerprint density at radius 2 is 1.89 bits per heavy atom. The number of ether oxygens (including phenoxy) is 1. The maximum absolute atomic E-state index is 10.6. The second kappa shape index (κ2) is 7.42. The van der Waals surface area contributed by atoms with Crippen molar-refractivity contribution in [1.82, 2.24) is 0 Å². The number of rotatable bonds is 8. The molecule has 0 saturated carbocycles. The Kier molecular flexibility index (Phi) is 6.20. The van der Waals surface area contributed by atoms with Crippen LogP contribution in [0.1, 0.15) is 46.5 Å². The van der Waals surface area contributed by atoms with Crippen molar-refractivity contribution >= 4 is 0 Å². The lowest BCUT2D eigenvalue weighted by molar-refractivity contribution is -0.0297. The van der Waals surface area contributed by atoms with Crippen LogP contribution in [0.2, 0.25) is 0 Å². The van der Waals surface area contributed by atoms with Gasteiger partial charge >= 0.3 is 0 Å². The molecule has 0 fully saturated rings. The summed E-state index contributed by atoms with van der Waals surface area (Å²) in [5, 5.41) is 10.6. The number of hydrogen-bond acceptors (Lipinski definition) is 2. The van der Waals surface area contributed by atoms with E-state index < -0.39 is 5.60 Å². The van der Waals surface area contributed by atoms with Gasteiger partial charge in [-0.1, -0.05) is 51.8 Å². The molecule has 1 atom stereocenters. The summed E-state index contributed by atoms with van der Waals surface area (Å²) < 4.78 is 5.72. The summed E-state index contributed by atoms with van der Waals surface area (Å²) in [6.07, 6.45) is 3.75. The topological polar surface area (TPSA) is 29.5 Å². The van der Waals surface area contributed by atoms with Gasteiger partial charge in [-0.15, -0.1) is 0 Å². The zero-order valence-corrected chi connectivity index (χ0v) is 11.9. The highest BCUT2D eigenvalue weighted by molar-refractivity contribution is 5.21. The standard InChI is InChI=1S/C16H26O2/c1-4-5-11-16(17,12-14(2)3)13-18-15-9-7-6-8-10-15/h6-10,14,17H,4-5,11-13H2,1-3H3. The highest BCUT2D eigenvalue weighted by Crippen LogP contribution is 2.24. The summed E-state index contributed by atoms with van der Waals surface area (Å²) >= 11 is 0. The van der Waals surface area contributed by atoms with Gasteiger partial charge in [0.2, 0.25) is 0 Å². The lowest BCUT2D eigenvalue weighted by Gasteiger charge is -2.29. The average Bonchev–Trinajstić information content (AvgIpc) is 2.35. The van der Waals surface area contributed by atoms with Crippen molar-refractivity contribution in [3.8, 4) is 5.75 Å². The number of unbranched alkanes of at least 4 members (excludes halogenated alkanes) is 1. The van der Waals surface area contributed by atoms with Crippen molar-refractivity contribution in [3.05, 3.63) is 30.3 Å². The molecule has 18 heavy (non-hydrogen) atoms. The Morgan fingerprint density at radius 3 is 2.44 bits per heavy atom. The molecule has 102 valence electrons. The SMILES string of the molecule is CCCCC(O)(COc1ccccc1)CC(C)C. The number of aliphatic hydroxyl groups is 1. The van der Waals surface area contributed by atoms with E-state index >= 15 is 0 Å². The Labute approximate surface area is 111 Å². The first kappa shape index (κ1) is 15.0. The van der Waals surface area contributed by atoms with E-state index in [4.69, 9.17) is 4.74 Å². The third-order valence-electron chi connectivity index (χ3n) is 3.03. The number of para-hydroxylation sites is 1. The molecule has 1 rings (SSSR count). The minimum atomic E-state index is -0.694. The second-order valence-corrected chi connectivity index (χ2v) is 5.53. The fraction of sp³-hybridized carbons (Fsp3) is 0.625. The summed E-state index contributed by atoms with van der Waals surface area (Å²) in [5.41, 5.74) is -0.694. The molecule has 0 spiro atoms. The van der Waals surface area contributed by atoms with E-state index in [1.54, 1.807) is 0 Å². The van der Waals surface area contributed by atoms with Crippen LogP contribution >= 0.6 is 0 Å². The maximum Gasteiger partial charge on any atom is 0.119 e. The molecule has 1 unspecified atom stereocenters. The summed E-state index contributed by atoms with van der Waals surface area (Å²) in [4.78, 5) is 0. The molecule has 1 N–H and O–H groups in total. The van der Waals surface area contributed by atoms with Crippen LogP contribution in [0.25, 0.3) is 0 Å². The second-order valence-electron chi connectivity index (χ2n) is 5.53. The van der Waals surface area contributed by atoms with Crippen LogP contribution in [-0.2, 0) is 0 Å². The van der Waals surface area contributed by atoms with Crippen LogP contribution in [0, 0.1) is 5.92 Å². The van der Waals surface area contributed by atoms with Crippen molar-refractivity contribution in [1.29, 1.82) is 0 Å². The molecule has 0 amide bonds. The molecule has 0 aromatic heterocycles. The number of benzene rings is 1. The average molecular weight is 250 g/mol. The smallest absolute Gasteiger partial charge is 0.119 e. The largest absolute Gasteiger partial charge is 0.491 e. The van der Waals surface area contributed by atoms with Gasteiger partial charge in [-0.05, 0) is 30.9 Å². The zero-order valence-electron chi connectivity index (χ0n) is 11.9. The van der Waals surface area contributed by atoms with Crippen LogP contribution in [-0.4, -0.2) is 17.3 Å². The van der Waals surface area contributed by atoms with E-state index in [0.29, 0.717) is 12.5 Å². The van der Waals surface area contributed by atoms with Gasteiger partial charge < -0.3 is 9.84 Å². The Bertz CT molecular complexity index is 321. The molecule has 0 heterocycles. The molecule has 0 aliphatic heterocycles. The summed E-state index contributed by atoms with van der Waals surface area (Å²) in [6, 6.07) is 9.71. The van der Waals surface area contributed by atoms with Gasteiger partial charge in [0.1, 0.15) is 12.4 Å². The van der Waals surface area contributed by atoms with Gasteiger partial charge in [0, 0.05) is 0 Å². The van der Waals surface area contributed by atoms with Gasteiger partial charge in [0.15, 0.2) is 0 Å².